The molecule has 102 valence electrons. The fourth-order valence-corrected chi connectivity index (χ4v) is 4.40. The molecule has 4 heteroatoms. The van der Waals surface area contributed by atoms with Gasteiger partial charge in [0.05, 0.1) is 4.90 Å². The zero-order chi connectivity index (χ0) is 14.1. The molecule has 0 bridgehead atoms. The standard InChI is InChI=1S/C14H23NO2S/c1-10(2)15(11(3)4)18(16,17)14-8-7-12(5)9-13(14)6/h7-11H,1-6H3. The second-order valence-corrected chi connectivity index (χ2v) is 7.10. The van der Waals surface area contributed by atoms with Crippen LogP contribution < -0.4 is 0 Å². The Bertz CT molecular complexity index is 511. The van der Waals surface area contributed by atoms with Gasteiger partial charge in [0, 0.05) is 12.1 Å². The van der Waals surface area contributed by atoms with Crippen molar-refractivity contribution >= 4 is 10.0 Å². The first-order chi connectivity index (χ1) is 8.17. The number of sulfonamides is 1. The minimum absolute atomic E-state index is 0.0456. The molecular formula is C14H23NO2S. The van der Waals surface area contributed by atoms with Crippen LogP contribution in [0, 0.1) is 13.8 Å². The van der Waals surface area contributed by atoms with Crippen LogP contribution in [0.2, 0.25) is 0 Å². The number of benzene rings is 1. The van der Waals surface area contributed by atoms with Crippen molar-refractivity contribution in [1.82, 2.24) is 4.31 Å². The summed E-state index contributed by atoms with van der Waals surface area (Å²) >= 11 is 0. The van der Waals surface area contributed by atoms with E-state index >= 15 is 0 Å². The molecule has 0 spiro atoms. The lowest BCUT2D eigenvalue weighted by Crippen LogP contribution is -2.42. The van der Waals surface area contributed by atoms with Crippen molar-refractivity contribution in [2.75, 3.05) is 0 Å². The molecular weight excluding hydrogens is 246 g/mol. The van der Waals surface area contributed by atoms with Crippen LogP contribution in [0.25, 0.3) is 0 Å². The van der Waals surface area contributed by atoms with E-state index in [2.05, 4.69) is 0 Å². The van der Waals surface area contributed by atoms with E-state index in [0.717, 1.165) is 11.1 Å². The molecule has 0 saturated heterocycles. The van der Waals surface area contributed by atoms with Crippen molar-refractivity contribution in [3.63, 3.8) is 0 Å². The molecule has 1 aromatic carbocycles. The Hall–Kier alpha value is -0.870. The second kappa shape index (κ2) is 5.41. The topological polar surface area (TPSA) is 37.4 Å². The van der Waals surface area contributed by atoms with Gasteiger partial charge in [-0.15, -0.1) is 0 Å². The van der Waals surface area contributed by atoms with Gasteiger partial charge in [-0.2, -0.15) is 4.31 Å². The number of nitrogens with zero attached hydrogens (tertiary/aromatic N) is 1. The van der Waals surface area contributed by atoms with Crippen LogP contribution in [0.1, 0.15) is 38.8 Å². The summed E-state index contributed by atoms with van der Waals surface area (Å²) in [7, 11) is -3.41. The van der Waals surface area contributed by atoms with Gasteiger partial charge in [0.1, 0.15) is 0 Å². The Kier molecular flexibility index (Phi) is 4.56. The first kappa shape index (κ1) is 15.2. The minimum atomic E-state index is -3.41. The lowest BCUT2D eigenvalue weighted by molar-refractivity contribution is 0.302. The van der Waals surface area contributed by atoms with Crippen molar-refractivity contribution < 1.29 is 8.42 Å². The van der Waals surface area contributed by atoms with Gasteiger partial charge in [0.15, 0.2) is 0 Å². The Labute approximate surface area is 111 Å². The molecule has 0 fully saturated rings. The Morgan fingerprint density at radius 3 is 1.89 bits per heavy atom. The molecule has 0 atom stereocenters. The van der Waals surface area contributed by atoms with Crippen LogP contribution in [-0.4, -0.2) is 24.8 Å². The van der Waals surface area contributed by atoms with Crippen LogP contribution >= 0.6 is 0 Å². The molecule has 1 rings (SSSR count). The summed E-state index contributed by atoms with van der Waals surface area (Å²) in [5.74, 6) is 0. The van der Waals surface area contributed by atoms with E-state index in [-0.39, 0.29) is 12.1 Å². The van der Waals surface area contributed by atoms with E-state index < -0.39 is 10.0 Å². The van der Waals surface area contributed by atoms with Gasteiger partial charge in [-0.1, -0.05) is 17.7 Å². The van der Waals surface area contributed by atoms with E-state index in [4.69, 9.17) is 0 Å². The lowest BCUT2D eigenvalue weighted by atomic mass is 10.2. The maximum absolute atomic E-state index is 12.7. The van der Waals surface area contributed by atoms with Gasteiger partial charge in [0.2, 0.25) is 10.0 Å². The molecule has 0 N–H and O–H groups in total. The highest BCUT2D eigenvalue weighted by Crippen LogP contribution is 2.24. The van der Waals surface area contributed by atoms with Gasteiger partial charge in [-0.05, 0) is 53.2 Å². The first-order valence-corrected chi connectivity index (χ1v) is 7.72. The average Bonchev–Trinajstić information content (AvgIpc) is 2.13. The smallest absolute Gasteiger partial charge is 0.207 e. The highest BCUT2D eigenvalue weighted by atomic mass is 32.2. The van der Waals surface area contributed by atoms with Crippen LogP contribution in [0.4, 0.5) is 0 Å². The van der Waals surface area contributed by atoms with E-state index in [1.165, 1.54) is 0 Å². The Morgan fingerprint density at radius 1 is 1.00 bits per heavy atom. The second-order valence-electron chi connectivity index (χ2n) is 5.29. The molecule has 0 aliphatic heterocycles. The third kappa shape index (κ3) is 2.93. The first-order valence-electron chi connectivity index (χ1n) is 6.28. The summed E-state index contributed by atoms with van der Waals surface area (Å²) in [5, 5.41) is 0. The molecule has 0 aromatic heterocycles. The third-order valence-electron chi connectivity index (χ3n) is 2.90. The lowest BCUT2D eigenvalue weighted by Gasteiger charge is -2.30. The van der Waals surface area contributed by atoms with Crippen molar-refractivity contribution in [2.45, 2.75) is 58.5 Å². The fourth-order valence-electron chi connectivity index (χ4n) is 2.35. The van der Waals surface area contributed by atoms with Crippen LogP contribution in [0.15, 0.2) is 23.1 Å². The maximum atomic E-state index is 12.7. The minimum Gasteiger partial charge on any atom is -0.207 e. The van der Waals surface area contributed by atoms with E-state index in [0.29, 0.717) is 4.90 Å². The Balaban J connectivity index is 3.36. The van der Waals surface area contributed by atoms with Gasteiger partial charge < -0.3 is 0 Å². The van der Waals surface area contributed by atoms with Crippen LogP contribution in [0.3, 0.4) is 0 Å². The van der Waals surface area contributed by atoms with Crippen molar-refractivity contribution in [2.24, 2.45) is 0 Å². The van der Waals surface area contributed by atoms with E-state index in [1.807, 2.05) is 53.7 Å². The quantitative estimate of drug-likeness (QED) is 0.842. The van der Waals surface area contributed by atoms with Crippen LogP contribution in [-0.2, 0) is 10.0 Å². The van der Waals surface area contributed by atoms with Gasteiger partial charge in [-0.25, -0.2) is 8.42 Å². The largest absolute Gasteiger partial charge is 0.243 e. The Morgan fingerprint density at radius 2 is 1.50 bits per heavy atom. The zero-order valence-corrected chi connectivity index (χ0v) is 12.9. The third-order valence-corrected chi connectivity index (χ3v) is 5.32. The summed E-state index contributed by atoms with van der Waals surface area (Å²) in [4.78, 5) is 0.412. The average molecular weight is 269 g/mol. The summed E-state index contributed by atoms with van der Waals surface area (Å²) in [6.07, 6.45) is 0. The molecule has 0 radical (unpaired) electrons. The van der Waals surface area contributed by atoms with Crippen molar-refractivity contribution in [3.05, 3.63) is 29.3 Å². The van der Waals surface area contributed by atoms with Crippen molar-refractivity contribution in [1.29, 1.82) is 0 Å². The van der Waals surface area contributed by atoms with Crippen molar-refractivity contribution in [3.8, 4) is 0 Å². The monoisotopic (exact) mass is 269 g/mol. The molecule has 3 nitrogen and oxygen atoms in total. The molecule has 1 aromatic rings. The maximum Gasteiger partial charge on any atom is 0.243 e. The zero-order valence-electron chi connectivity index (χ0n) is 12.1. The van der Waals surface area contributed by atoms with E-state index in [9.17, 15) is 8.42 Å². The summed E-state index contributed by atoms with van der Waals surface area (Å²) in [6.45, 7) is 11.4. The predicted molar refractivity (Wildman–Crippen MR) is 75.2 cm³/mol. The SMILES string of the molecule is Cc1ccc(S(=O)(=O)N(C(C)C)C(C)C)c(C)c1. The number of hydrogen-bond acceptors (Lipinski definition) is 2. The van der Waals surface area contributed by atoms with Crippen LogP contribution in [0.5, 0.6) is 0 Å². The number of hydrogen-bond donors (Lipinski definition) is 0. The van der Waals surface area contributed by atoms with E-state index in [1.54, 1.807) is 10.4 Å². The molecule has 0 amide bonds. The number of rotatable bonds is 4. The highest BCUT2D eigenvalue weighted by Gasteiger charge is 2.30. The predicted octanol–water partition coefficient (Wildman–Crippen LogP) is 3.11. The molecule has 0 saturated carbocycles. The normalized spacial score (nSPS) is 12.7. The fraction of sp³-hybridized carbons (Fsp3) is 0.571. The molecule has 18 heavy (non-hydrogen) atoms. The van der Waals surface area contributed by atoms with Gasteiger partial charge in [-0.3, -0.25) is 0 Å². The molecule has 0 aliphatic rings. The van der Waals surface area contributed by atoms with Gasteiger partial charge in [0.25, 0.3) is 0 Å². The summed E-state index contributed by atoms with van der Waals surface area (Å²) in [6, 6.07) is 5.37. The number of aryl methyl sites for hydroxylation is 2. The van der Waals surface area contributed by atoms with Gasteiger partial charge >= 0.3 is 0 Å². The summed E-state index contributed by atoms with van der Waals surface area (Å²) in [5.41, 5.74) is 1.88. The molecule has 0 aliphatic carbocycles. The summed E-state index contributed by atoms with van der Waals surface area (Å²) < 4.78 is 26.9. The molecule has 0 heterocycles. The highest BCUT2D eigenvalue weighted by molar-refractivity contribution is 7.89. The molecule has 0 unspecified atom stereocenters.